The summed E-state index contributed by atoms with van der Waals surface area (Å²) in [5.74, 6) is 0.985. The van der Waals surface area contributed by atoms with E-state index in [2.05, 4.69) is 54.3 Å². The molecule has 3 aromatic rings. The van der Waals surface area contributed by atoms with Gasteiger partial charge in [0.25, 0.3) is 0 Å². The molecule has 1 aliphatic heterocycles. The lowest BCUT2D eigenvalue weighted by Gasteiger charge is -2.33. The summed E-state index contributed by atoms with van der Waals surface area (Å²) >= 11 is 3.53. The molecular formula is C15H16BrN5. The Morgan fingerprint density at radius 3 is 2.76 bits per heavy atom. The number of imidazole rings is 1. The van der Waals surface area contributed by atoms with Crippen LogP contribution in [0.4, 0.5) is 5.82 Å². The molecule has 0 atom stereocenters. The van der Waals surface area contributed by atoms with Crippen LogP contribution in [0.15, 0.2) is 35.1 Å². The highest BCUT2D eigenvalue weighted by Gasteiger charge is 2.19. The van der Waals surface area contributed by atoms with Gasteiger partial charge in [-0.2, -0.15) is 0 Å². The first kappa shape index (κ1) is 13.0. The van der Waals surface area contributed by atoms with E-state index >= 15 is 0 Å². The number of rotatable bonds is 1. The monoisotopic (exact) mass is 345 g/mol. The normalized spacial score (nSPS) is 17.0. The smallest absolute Gasteiger partial charge is 0.180 e. The van der Waals surface area contributed by atoms with Crippen molar-refractivity contribution in [3.05, 3.63) is 35.1 Å². The SMILES string of the molecule is CN1CCN(c2nc3cc(Br)ccc3n3ccnc23)CC1. The topological polar surface area (TPSA) is 36.7 Å². The molecule has 0 N–H and O–H groups in total. The van der Waals surface area contributed by atoms with Crippen LogP contribution in [0.1, 0.15) is 0 Å². The lowest BCUT2D eigenvalue weighted by Crippen LogP contribution is -2.45. The van der Waals surface area contributed by atoms with E-state index in [4.69, 9.17) is 4.98 Å². The zero-order chi connectivity index (χ0) is 14.4. The van der Waals surface area contributed by atoms with Crippen LogP contribution in [0.25, 0.3) is 16.7 Å². The molecule has 1 aromatic carbocycles. The number of halogens is 1. The maximum Gasteiger partial charge on any atom is 0.180 e. The standard InChI is InChI=1S/C15H16BrN5/c1-19-6-8-20(9-7-19)15-14-17-4-5-21(14)13-3-2-11(16)10-12(13)18-15/h2-5,10H,6-9H2,1H3. The van der Waals surface area contributed by atoms with Gasteiger partial charge in [-0.05, 0) is 25.2 Å². The second kappa shape index (κ2) is 4.96. The third kappa shape index (κ3) is 2.18. The van der Waals surface area contributed by atoms with E-state index < -0.39 is 0 Å². The van der Waals surface area contributed by atoms with E-state index in [1.807, 2.05) is 18.5 Å². The number of hydrogen-bond acceptors (Lipinski definition) is 4. The van der Waals surface area contributed by atoms with E-state index in [0.717, 1.165) is 53.2 Å². The van der Waals surface area contributed by atoms with E-state index in [9.17, 15) is 0 Å². The Hall–Kier alpha value is -1.66. The van der Waals surface area contributed by atoms with Crippen molar-refractivity contribution in [2.75, 3.05) is 38.1 Å². The van der Waals surface area contributed by atoms with Gasteiger partial charge in [-0.25, -0.2) is 9.97 Å². The van der Waals surface area contributed by atoms with Gasteiger partial charge in [0.15, 0.2) is 11.5 Å². The number of anilines is 1. The molecule has 0 amide bonds. The second-order valence-corrected chi connectivity index (χ2v) is 6.40. The van der Waals surface area contributed by atoms with Crippen LogP contribution in [-0.4, -0.2) is 52.5 Å². The molecule has 0 spiro atoms. The maximum absolute atomic E-state index is 4.88. The Morgan fingerprint density at radius 1 is 1.14 bits per heavy atom. The second-order valence-electron chi connectivity index (χ2n) is 5.48. The van der Waals surface area contributed by atoms with Crippen LogP contribution in [0.3, 0.4) is 0 Å². The summed E-state index contributed by atoms with van der Waals surface area (Å²) in [5.41, 5.74) is 3.02. The number of likely N-dealkylation sites (N-methyl/N-ethyl adjacent to an activating group) is 1. The molecule has 3 heterocycles. The minimum absolute atomic E-state index is 0.939. The lowest BCUT2D eigenvalue weighted by atomic mass is 10.3. The van der Waals surface area contributed by atoms with Crippen LogP contribution < -0.4 is 4.90 Å². The van der Waals surface area contributed by atoms with Gasteiger partial charge in [-0.15, -0.1) is 0 Å². The Kier molecular flexibility index (Phi) is 3.08. The quantitative estimate of drug-likeness (QED) is 0.678. The van der Waals surface area contributed by atoms with E-state index in [-0.39, 0.29) is 0 Å². The predicted molar refractivity (Wildman–Crippen MR) is 87.9 cm³/mol. The van der Waals surface area contributed by atoms with Crippen molar-refractivity contribution >= 4 is 38.4 Å². The fourth-order valence-electron chi connectivity index (χ4n) is 2.85. The van der Waals surface area contributed by atoms with Crippen molar-refractivity contribution in [2.45, 2.75) is 0 Å². The average molecular weight is 346 g/mol. The van der Waals surface area contributed by atoms with Gasteiger partial charge in [-0.3, -0.25) is 4.40 Å². The van der Waals surface area contributed by atoms with Crippen LogP contribution in [0.2, 0.25) is 0 Å². The highest BCUT2D eigenvalue weighted by atomic mass is 79.9. The molecule has 1 saturated heterocycles. The highest BCUT2D eigenvalue weighted by Crippen LogP contribution is 2.26. The number of nitrogens with zero attached hydrogens (tertiary/aromatic N) is 5. The highest BCUT2D eigenvalue weighted by molar-refractivity contribution is 9.10. The van der Waals surface area contributed by atoms with Gasteiger partial charge in [-0.1, -0.05) is 15.9 Å². The Morgan fingerprint density at radius 2 is 1.95 bits per heavy atom. The van der Waals surface area contributed by atoms with Crippen LogP contribution in [-0.2, 0) is 0 Å². The Bertz CT molecular complexity index is 804. The molecule has 108 valence electrons. The molecule has 1 fully saturated rings. The van der Waals surface area contributed by atoms with Crippen molar-refractivity contribution in [1.29, 1.82) is 0 Å². The molecule has 1 aliphatic rings. The summed E-state index contributed by atoms with van der Waals surface area (Å²) in [4.78, 5) is 14.1. The Balaban J connectivity index is 1.92. The molecule has 0 aliphatic carbocycles. The molecule has 0 saturated carbocycles. The van der Waals surface area contributed by atoms with Gasteiger partial charge in [0.1, 0.15) is 0 Å². The first-order valence-electron chi connectivity index (χ1n) is 7.08. The maximum atomic E-state index is 4.88. The molecule has 6 heteroatoms. The first-order valence-corrected chi connectivity index (χ1v) is 7.87. The third-order valence-electron chi connectivity index (χ3n) is 4.07. The fourth-order valence-corrected chi connectivity index (χ4v) is 3.20. The van der Waals surface area contributed by atoms with Crippen molar-refractivity contribution in [2.24, 2.45) is 0 Å². The molecular weight excluding hydrogens is 330 g/mol. The van der Waals surface area contributed by atoms with Crippen molar-refractivity contribution in [3.8, 4) is 0 Å². The van der Waals surface area contributed by atoms with Crippen molar-refractivity contribution in [3.63, 3.8) is 0 Å². The van der Waals surface area contributed by atoms with Crippen molar-refractivity contribution in [1.82, 2.24) is 19.3 Å². The number of fused-ring (bicyclic) bond motifs is 3. The zero-order valence-corrected chi connectivity index (χ0v) is 13.4. The number of aromatic nitrogens is 3. The number of hydrogen-bond donors (Lipinski definition) is 0. The molecule has 0 radical (unpaired) electrons. The summed E-state index contributed by atoms with van der Waals surface area (Å²) < 4.78 is 3.17. The van der Waals surface area contributed by atoms with Crippen LogP contribution in [0, 0.1) is 0 Å². The molecule has 0 unspecified atom stereocenters. The van der Waals surface area contributed by atoms with Crippen LogP contribution in [0.5, 0.6) is 0 Å². The largest absolute Gasteiger partial charge is 0.351 e. The summed E-state index contributed by atoms with van der Waals surface area (Å²) in [6, 6.07) is 6.18. The molecule has 5 nitrogen and oxygen atoms in total. The molecule has 2 aromatic heterocycles. The van der Waals surface area contributed by atoms with E-state index in [1.54, 1.807) is 0 Å². The summed E-state index contributed by atoms with van der Waals surface area (Å²) in [5, 5.41) is 0. The van der Waals surface area contributed by atoms with Gasteiger partial charge < -0.3 is 9.80 Å². The third-order valence-corrected chi connectivity index (χ3v) is 4.56. The zero-order valence-electron chi connectivity index (χ0n) is 11.8. The number of benzene rings is 1. The molecule has 4 rings (SSSR count). The summed E-state index contributed by atoms with van der Waals surface area (Å²) in [6.45, 7) is 4.10. The number of piperazine rings is 1. The summed E-state index contributed by atoms with van der Waals surface area (Å²) in [6.07, 6.45) is 3.85. The van der Waals surface area contributed by atoms with Gasteiger partial charge >= 0.3 is 0 Å². The average Bonchev–Trinajstić information content (AvgIpc) is 2.96. The van der Waals surface area contributed by atoms with Crippen molar-refractivity contribution < 1.29 is 0 Å². The lowest BCUT2D eigenvalue weighted by molar-refractivity contribution is 0.312. The summed E-state index contributed by atoms with van der Waals surface area (Å²) in [7, 11) is 2.16. The van der Waals surface area contributed by atoms with E-state index in [1.165, 1.54) is 0 Å². The van der Waals surface area contributed by atoms with Gasteiger partial charge in [0, 0.05) is 43.0 Å². The minimum Gasteiger partial charge on any atom is -0.351 e. The minimum atomic E-state index is 0.939. The predicted octanol–water partition coefficient (Wildman–Crippen LogP) is 2.40. The van der Waals surface area contributed by atoms with Gasteiger partial charge in [0.05, 0.1) is 11.0 Å². The van der Waals surface area contributed by atoms with Gasteiger partial charge in [0.2, 0.25) is 0 Å². The fraction of sp³-hybridized carbons (Fsp3) is 0.333. The van der Waals surface area contributed by atoms with E-state index in [0.29, 0.717) is 0 Å². The van der Waals surface area contributed by atoms with Crippen LogP contribution >= 0.6 is 15.9 Å². The molecule has 0 bridgehead atoms. The first-order chi connectivity index (χ1) is 10.2. The molecule has 21 heavy (non-hydrogen) atoms. The Labute approximate surface area is 131 Å².